The lowest BCUT2D eigenvalue weighted by molar-refractivity contribution is 0.262. The number of carbonyl (C=O) groups excluding carboxylic acids is 1. The molecule has 2 rings (SSSR count). The molecule has 0 spiro atoms. The van der Waals surface area contributed by atoms with Crippen LogP contribution in [-0.4, -0.2) is 6.03 Å². The topological polar surface area (TPSA) is 67.2 Å². The summed E-state index contributed by atoms with van der Waals surface area (Å²) in [5.74, 6) is 0. The van der Waals surface area contributed by atoms with Gasteiger partial charge in [0, 0.05) is 22.1 Å². The first-order valence-electron chi connectivity index (χ1n) is 6.16. The predicted molar refractivity (Wildman–Crippen MR) is 84.4 cm³/mol. The van der Waals surface area contributed by atoms with Gasteiger partial charge in [-0.1, -0.05) is 17.7 Å². The molecule has 5 heteroatoms. The third-order valence-corrected chi connectivity index (χ3v) is 3.36. The maximum absolute atomic E-state index is 11.9. The van der Waals surface area contributed by atoms with Gasteiger partial charge >= 0.3 is 6.03 Å². The summed E-state index contributed by atoms with van der Waals surface area (Å²) < 4.78 is 0. The zero-order chi connectivity index (χ0) is 14.7. The third kappa shape index (κ3) is 3.42. The summed E-state index contributed by atoms with van der Waals surface area (Å²) >= 11 is 6.01. The molecule has 0 saturated heterocycles. The fourth-order valence-corrected chi connectivity index (χ4v) is 1.90. The first kappa shape index (κ1) is 14.2. The number of halogens is 1. The molecule has 0 unspecified atom stereocenters. The second-order valence-corrected chi connectivity index (χ2v) is 5.02. The Bertz CT molecular complexity index is 600. The average Bonchev–Trinajstić information content (AvgIpc) is 2.38. The molecule has 104 valence electrons. The fraction of sp³-hybridized carbons (Fsp3) is 0.133. The van der Waals surface area contributed by atoms with E-state index in [1.807, 2.05) is 26.0 Å². The summed E-state index contributed by atoms with van der Waals surface area (Å²) in [6.07, 6.45) is 0. The quantitative estimate of drug-likeness (QED) is 0.726. The lowest BCUT2D eigenvalue weighted by atomic mass is 10.2. The fourth-order valence-electron chi connectivity index (χ4n) is 1.72. The Labute approximate surface area is 122 Å². The number of benzene rings is 2. The van der Waals surface area contributed by atoms with Crippen molar-refractivity contribution in [3.63, 3.8) is 0 Å². The van der Waals surface area contributed by atoms with Gasteiger partial charge in [-0.05, 0) is 55.3 Å². The van der Waals surface area contributed by atoms with E-state index in [2.05, 4.69) is 10.6 Å². The van der Waals surface area contributed by atoms with E-state index < -0.39 is 0 Å². The number of nitrogens with two attached hydrogens (primary N) is 1. The van der Waals surface area contributed by atoms with Gasteiger partial charge in [0.05, 0.1) is 0 Å². The molecule has 0 aromatic heterocycles. The van der Waals surface area contributed by atoms with E-state index in [-0.39, 0.29) is 6.03 Å². The maximum atomic E-state index is 11.9. The van der Waals surface area contributed by atoms with E-state index in [4.69, 9.17) is 17.3 Å². The second kappa shape index (κ2) is 5.84. The van der Waals surface area contributed by atoms with Crippen molar-refractivity contribution in [1.29, 1.82) is 0 Å². The maximum Gasteiger partial charge on any atom is 0.323 e. The van der Waals surface area contributed by atoms with Crippen LogP contribution in [0.5, 0.6) is 0 Å². The second-order valence-electron chi connectivity index (χ2n) is 4.61. The van der Waals surface area contributed by atoms with Crippen molar-refractivity contribution < 1.29 is 4.79 Å². The Morgan fingerprint density at radius 3 is 2.20 bits per heavy atom. The number of hydrogen-bond donors (Lipinski definition) is 3. The number of aryl methyl sites for hydroxylation is 2. The third-order valence-electron chi connectivity index (χ3n) is 2.96. The number of carbonyl (C=O) groups is 1. The van der Waals surface area contributed by atoms with Crippen LogP contribution in [0.25, 0.3) is 0 Å². The number of hydrogen-bond acceptors (Lipinski definition) is 2. The molecule has 0 atom stereocenters. The molecule has 0 fully saturated rings. The van der Waals surface area contributed by atoms with Gasteiger partial charge in [0.1, 0.15) is 0 Å². The highest BCUT2D eigenvalue weighted by Crippen LogP contribution is 2.21. The summed E-state index contributed by atoms with van der Waals surface area (Å²) in [5.41, 5.74) is 9.64. The molecule has 0 heterocycles. The van der Waals surface area contributed by atoms with Crippen LogP contribution < -0.4 is 16.4 Å². The molecule has 20 heavy (non-hydrogen) atoms. The Hall–Kier alpha value is -2.20. The monoisotopic (exact) mass is 289 g/mol. The molecular formula is C15H16ClN3O. The molecule has 2 aromatic carbocycles. The van der Waals surface area contributed by atoms with E-state index in [1.165, 1.54) is 0 Å². The number of nitrogens with one attached hydrogen (secondary N) is 2. The minimum atomic E-state index is -0.325. The van der Waals surface area contributed by atoms with Crippen LogP contribution in [0.1, 0.15) is 11.1 Å². The van der Waals surface area contributed by atoms with E-state index in [1.54, 1.807) is 24.3 Å². The van der Waals surface area contributed by atoms with E-state index in [0.717, 1.165) is 11.1 Å². The number of urea groups is 1. The van der Waals surface area contributed by atoms with Gasteiger partial charge < -0.3 is 16.4 Å². The van der Waals surface area contributed by atoms with Crippen molar-refractivity contribution in [3.05, 3.63) is 52.5 Å². The van der Waals surface area contributed by atoms with Gasteiger partial charge in [0.25, 0.3) is 0 Å². The highest BCUT2D eigenvalue weighted by Gasteiger charge is 2.05. The minimum absolute atomic E-state index is 0.325. The minimum Gasteiger partial charge on any atom is -0.399 e. The Morgan fingerprint density at radius 1 is 1.00 bits per heavy atom. The molecule has 0 saturated carbocycles. The summed E-state index contributed by atoms with van der Waals surface area (Å²) in [6.45, 7) is 3.79. The Balaban J connectivity index is 2.04. The smallest absolute Gasteiger partial charge is 0.323 e. The molecule has 2 aromatic rings. The number of nitrogen functional groups attached to an aromatic ring is 1. The predicted octanol–water partition coefficient (Wildman–Crippen LogP) is 4.18. The molecule has 0 bridgehead atoms. The SMILES string of the molecule is Cc1cc(NC(=O)Nc2ccc(C)c(Cl)c2)ccc1N. The van der Waals surface area contributed by atoms with Crippen LogP contribution in [-0.2, 0) is 0 Å². The molecule has 4 nitrogen and oxygen atoms in total. The van der Waals surface area contributed by atoms with Crippen LogP contribution in [0.4, 0.5) is 21.9 Å². The zero-order valence-corrected chi connectivity index (χ0v) is 12.1. The highest BCUT2D eigenvalue weighted by molar-refractivity contribution is 6.31. The van der Waals surface area contributed by atoms with E-state index >= 15 is 0 Å². The van der Waals surface area contributed by atoms with Gasteiger partial charge in [-0.3, -0.25) is 0 Å². The van der Waals surface area contributed by atoms with Gasteiger partial charge in [-0.15, -0.1) is 0 Å². The standard InChI is InChI=1S/C15H16ClN3O/c1-9-3-4-12(8-13(9)16)19-15(20)18-11-5-6-14(17)10(2)7-11/h3-8H,17H2,1-2H3,(H2,18,19,20). The van der Waals surface area contributed by atoms with Crippen LogP contribution in [0, 0.1) is 13.8 Å². The molecule has 0 aliphatic rings. The molecule has 0 aliphatic heterocycles. The molecule has 2 amide bonds. The van der Waals surface area contributed by atoms with Gasteiger partial charge in [0.2, 0.25) is 0 Å². The van der Waals surface area contributed by atoms with Crippen molar-refractivity contribution in [2.24, 2.45) is 0 Å². The largest absolute Gasteiger partial charge is 0.399 e. The van der Waals surface area contributed by atoms with E-state index in [0.29, 0.717) is 22.1 Å². The summed E-state index contributed by atoms with van der Waals surface area (Å²) in [5, 5.41) is 6.09. The number of amides is 2. The lowest BCUT2D eigenvalue weighted by Gasteiger charge is -2.10. The van der Waals surface area contributed by atoms with Crippen LogP contribution >= 0.6 is 11.6 Å². The lowest BCUT2D eigenvalue weighted by Crippen LogP contribution is -2.19. The first-order valence-corrected chi connectivity index (χ1v) is 6.54. The van der Waals surface area contributed by atoms with Crippen LogP contribution in [0.15, 0.2) is 36.4 Å². The summed E-state index contributed by atoms with van der Waals surface area (Å²) in [6, 6.07) is 10.4. The first-order chi connectivity index (χ1) is 9.45. The average molecular weight is 290 g/mol. The van der Waals surface area contributed by atoms with E-state index in [9.17, 15) is 4.79 Å². The van der Waals surface area contributed by atoms with Crippen molar-refractivity contribution in [2.45, 2.75) is 13.8 Å². The van der Waals surface area contributed by atoms with Crippen molar-refractivity contribution >= 4 is 34.7 Å². The molecule has 4 N–H and O–H groups in total. The van der Waals surface area contributed by atoms with Gasteiger partial charge in [0.15, 0.2) is 0 Å². The van der Waals surface area contributed by atoms with Crippen molar-refractivity contribution in [2.75, 3.05) is 16.4 Å². The van der Waals surface area contributed by atoms with Crippen LogP contribution in [0.3, 0.4) is 0 Å². The van der Waals surface area contributed by atoms with Crippen molar-refractivity contribution in [3.8, 4) is 0 Å². The number of anilines is 3. The Morgan fingerprint density at radius 2 is 1.60 bits per heavy atom. The van der Waals surface area contributed by atoms with Gasteiger partial charge in [-0.2, -0.15) is 0 Å². The molecule has 0 radical (unpaired) electrons. The van der Waals surface area contributed by atoms with Gasteiger partial charge in [-0.25, -0.2) is 4.79 Å². The summed E-state index contributed by atoms with van der Waals surface area (Å²) in [4.78, 5) is 11.9. The van der Waals surface area contributed by atoms with Crippen LogP contribution in [0.2, 0.25) is 5.02 Å². The highest BCUT2D eigenvalue weighted by atomic mass is 35.5. The Kier molecular flexibility index (Phi) is 4.15. The molecular weight excluding hydrogens is 274 g/mol. The van der Waals surface area contributed by atoms with Crippen molar-refractivity contribution in [1.82, 2.24) is 0 Å². The summed E-state index contributed by atoms with van der Waals surface area (Å²) in [7, 11) is 0. The number of rotatable bonds is 2. The molecule has 0 aliphatic carbocycles. The normalized spacial score (nSPS) is 10.2. The zero-order valence-electron chi connectivity index (χ0n) is 11.3.